The van der Waals surface area contributed by atoms with E-state index >= 15 is 0 Å². The van der Waals surface area contributed by atoms with Crippen molar-refractivity contribution in [3.63, 3.8) is 0 Å². The number of esters is 1. The van der Waals surface area contributed by atoms with E-state index in [4.69, 9.17) is 11.2 Å². The lowest BCUT2D eigenvalue weighted by atomic mass is 10.0. The second kappa shape index (κ2) is 11.1. The van der Waals surface area contributed by atoms with Crippen LogP contribution in [0.3, 0.4) is 0 Å². The number of nitrogens with one attached hydrogen (secondary N) is 1. The van der Waals surface area contributed by atoms with Gasteiger partial charge >= 0.3 is 5.97 Å². The van der Waals surface area contributed by atoms with Gasteiger partial charge in [0.25, 0.3) is 0 Å². The van der Waals surface area contributed by atoms with E-state index in [0.29, 0.717) is 37.0 Å². The lowest BCUT2D eigenvalue weighted by Gasteiger charge is -2.13. The average Bonchev–Trinajstić information content (AvgIpc) is 3.36. The molecule has 0 saturated heterocycles. The minimum absolute atomic E-state index is 0.234. The second-order valence-electron chi connectivity index (χ2n) is 8.15. The van der Waals surface area contributed by atoms with Crippen LogP contribution in [0.15, 0.2) is 54.9 Å². The summed E-state index contributed by atoms with van der Waals surface area (Å²) >= 11 is 0. The fourth-order valence-electron chi connectivity index (χ4n) is 3.63. The minimum Gasteiger partial charge on any atom is -0.469 e. The van der Waals surface area contributed by atoms with E-state index in [1.54, 1.807) is 16.9 Å². The van der Waals surface area contributed by atoms with Crippen molar-refractivity contribution in [3.8, 4) is 35.2 Å². The first kappa shape index (κ1) is 24.4. The zero-order chi connectivity index (χ0) is 25.5. The molecule has 0 amide bonds. The van der Waals surface area contributed by atoms with E-state index in [9.17, 15) is 4.79 Å². The number of benzene rings is 2. The molecule has 0 radical (unpaired) electrons. The Hall–Kier alpha value is -4.71. The van der Waals surface area contributed by atoms with E-state index in [0.717, 1.165) is 33.6 Å². The fraction of sp³-hybridized carbons (Fsp3) is 0.222. The molecule has 0 aliphatic rings. The monoisotopic (exact) mass is 482 g/mol. The van der Waals surface area contributed by atoms with Gasteiger partial charge in [0, 0.05) is 42.0 Å². The molecule has 2 heterocycles. The molecule has 9 nitrogen and oxygen atoms in total. The molecular weight excluding hydrogens is 456 g/mol. The number of anilines is 2. The van der Waals surface area contributed by atoms with Crippen LogP contribution in [-0.2, 0) is 16.1 Å². The predicted octanol–water partition coefficient (Wildman–Crippen LogP) is 4.82. The minimum atomic E-state index is -0.234. The van der Waals surface area contributed by atoms with E-state index in [-0.39, 0.29) is 5.97 Å². The molecule has 4 aromatic rings. The SMILES string of the molecule is C#Cc1ccc(Nc2nccc(Oc3c(C)cc(-c4cn(CCCC(=O)OC)nn4)cc3C)n2)cc1. The van der Waals surface area contributed by atoms with Crippen LogP contribution >= 0.6 is 0 Å². The van der Waals surface area contributed by atoms with Gasteiger partial charge in [-0.05, 0) is 67.8 Å². The zero-order valence-electron chi connectivity index (χ0n) is 20.4. The number of nitrogens with zero attached hydrogens (tertiary/aromatic N) is 5. The summed E-state index contributed by atoms with van der Waals surface area (Å²) in [5.74, 6) is 3.91. The summed E-state index contributed by atoms with van der Waals surface area (Å²) in [5.41, 5.74) is 5.16. The molecule has 0 aliphatic heterocycles. The number of terminal acetylenes is 1. The van der Waals surface area contributed by atoms with E-state index < -0.39 is 0 Å². The molecule has 0 saturated carbocycles. The highest BCUT2D eigenvalue weighted by Crippen LogP contribution is 2.32. The largest absolute Gasteiger partial charge is 0.469 e. The highest BCUT2D eigenvalue weighted by molar-refractivity contribution is 5.69. The highest BCUT2D eigenvalue weighted by atomic mass is 16.5. The second-order valence-corrected chi connectivity index (χ2v) is 8.15. The van der Waals surface area contributed by atoms with Gasteiger partial charge in [-0.1, -0.05) is 11.1 Å². The Bertz CT molecular complexity index is 1380. The zero-order valence-corrected chi connectivity index (χ0v) is 20.4. The molecule has 2 aromatic carbocycles. The molecule has 36 heavy (non-hydrogen) atoms. The number of hydrogen-bond donors (Lipinski definition) is 1. The number of carbonyl (C=O) groups is 1. The molecule has 1 N–H and O–H groups in total. The van der Waals surface area contributed by atoms with Crippen LogP contribution in [0, 0.1) is 26.2 Å². The Labute approximate surface area is 209 Å². The van der Waals surface area contributed by atoms with Gasteiger partial charge in [-0.15, -0.1) is 11.5 Å². The van der Waals surface area contributed by atoms with Crippen molar-refractivity contribution in [2.45, 2.75) is 33.2 Å². The summed E-state index contributed by atoms with van der Waals surface area (Å²) < 4.78 is 12.5. The molecule has 0 bridgehead atoms. The molecule has 0 spiro atoms. The van der Waals surface area contributed by atoms with Crippen LogP contribution < -0.4 is 10.1 Å². The number of hydrogen-bond acceptors (Lipinski definition) is 8. The Morgan fingerprint density at radius 3 is 2.58 bits per heavy atom. The first-order chi connectivity index (χ1) is 17.4. The van der Waals surface area contributed by atoms with Crippen LogP contribution in [0.5, 0.6) is 11.6 Å². The third-order valence-corrected chi connectivity index (χ3v) is 5.43. The Kier molecular flexibility index (Phi) is 7.56. The maximum Gasteiger partial charge on any atom is 0.305 e. The average molecular weight is 483 g/mol. The summed E-state index contributed by atoms with van der Waals surface area (Å²) in [5, 5.41) is 11.6. The van der Waals surface area contributed by atoms with Gasteiger partial charge in [0.05, 0.1) is 13.3 Å². The van der Waals surface area contributed by atoms with Crippen molar-refractivity contribution in [1.82, 2.24) is 25.0 Å². The number of methoxy groups -OCH3 is 1. The quantitative estimate of drug-likeness (QED) is 0.267. The van der Waals surface area contributed by atoms with Crippen molar-refractivity contribution >= 4 is 17.6 Å². The Morgan fingerprint density at radius 2 is 1.89 bits per heavy atom. The number of ether oxygens (including phenoxy) is 2. The fourth-order valence-corrected chi connectivity index (χ4v) is 3.63. The van der Waals surface area contributed by atoms with Gasteiger partial charge in [-0.25, -0.2) is 4.98 Å². The van der Waals surface area contributed by atoms with Crippen LogP contribution in [0.2, 0.25) is 0 Å². The molecule has 0 atom stereocenters. The first-order valence-corrected chi connectivity index (χ1v) is 11.4. The van der Waals surface area contributed by atoms with Crippen molar-refractivity contribution < 1.29 is 14.3 Å². The van der Waals surface area contributed by atoms with Gasteiger partial charge in [0.2, 0.25) is 11.8 Å². The van der Waals surface area contributed by atoms with Crippen LogP contribution in [0.4, 0.5) is 11.6 Å². The maximum atomic E-state index is 11.3. The van der Waals surface area contributed by atoms with Crippen LogP contribution in [0.1, 0.15) is 29.5 Å². The van der Waals surface area contributed by atoms with Gasteiger partial charge in [-0.2, -0.15) is 4.98 Å². The predicted molar refractivity (Wildman–Crippen MR) is 136 cm³/mol. The van der Waals surface area contributed by atoms with Crippen molar-refractivity contribution in [2.75, 3.05) is 12.4 Å². The summed E-state index contributed by atoms with van der Waals surface area (Å²) in [6.45, 7) is 4.53. The smallest absolute Gasteiger partial charge is 0.305 e. The number of carbonyl (C=O) groups excluding carboxylic acids is 1. The third-order valence-electron chi connectivity index (χ3n) is 5.43. The molecule has 182 valence electrons. The lowest BCUT2D eigenvalue weighted by molar-refractivity contribution is -0.140. The summed E-state index contributed by atoms with van der Waals surface area (Å²) in [6, 6.07) is 13.1. The van der Waals surface area contributed by atoms with Gasteiger partial charge < -0.3 is 14.8 Å². The van der Waals surface area contributed by atoms with Crippen molar-refractivity contribution in [1.29, 1.82) is 0 Å². The van der Waals surface area contributed by atoms with Crippen LogP contribution in [0.25, 0.3) is 11.3 Å². The Morgan fingerprint density at radius 1 is 1.14 bits per heavy atom. The maximum absolute atomic E-state index is 11.3. The molecular formula is C27H26N6O3. The van der Waals surface area contributed by atoms with Gasteiger partial charge in [0.1, 0.15) is 11.4 Å². The van der Waals surface area contributed by atoms with Crippen molar-refractivity contribution in [3.05, 3.63) is 71.5 Å². The standard InChI is InChI=1S/C27H26N6O3/c1-5-20-8-10-22(11-9-20)29-27-28-13-12-24(30-27)36-26-18(2)15-21(16-19(26)3)23-17-33(32-31-23)14-6-7-25(34)35-4/h1,8-13,15-17H,6-7,14H2,2-4H3,(H,28,29,30). The van der Waals surface area contributed by atoms with E-state index in [2.05, 4.69) is 36.3 Å². The topological polar surface area (TPSA) is 104 Å². The number of aromatic nitrogens is 5. The van der Waals surface area contributed by atoms with Crippen LogP contribution in [-0.4, -0.2) is 38.0 Å². The lowest BCUT2D eigenvalue weighted by Crippen LogP contribution is -2.04. The van der Waals surface area contributed by atoms with Gasteiger partial charge in [0.15, 0.2) is 0 Å². The normalized spacial score (nSPS) is 10.5. The Balaban J connectivity index is 1.45. The third kappa shape index (κ3) is 6.04. The summed E-state index contributed by atoms with van der Waals surface area (Å²) in [4.78, 5) is 20.0. The van der Waals surface area contributed by atoms with Crippen molar-refractivity contribution in [2.24, 2.45) is 0 Å². The number of aryl methyl sites for hydroxylation is 3. The molecule has 0 aliphatic carbocycles. The molecule has 4 rings (SSSR count). The highest BCUT2D eigenvalue weighted by Gasteiger charge is 2.13. The molecule has 0 fully saturated rings. The number of rotatable bonds is 9. The summed E-state index contributed by atoms with van der Waals surface area (Å²) in [7, 11) is 1.38. The van der Waals surface area contributed by atoms with E-state index in [1.807, 2.05) is 56.4 Å². The molecule has 0 unspecified atom stereocenters. The summed E-state index contributed by atoms with van der Waals surface area (Å²) in [6.07, 6.45) is 9.89. The molecule has 9 heteroatoms. The van der Waals surface area contributed by atoms with E-state index in [1.165, 1.54) is 7.11 Å². The molecule has 2 aromatic heterocycles. The van der Waals surface area contributed by atoms with Gasteiger partial charge in [-0.3, -0.25) is 9.48 Å². The first-order valence-electron chi connectivity index (χ1n) is 11.4.